The molecule has 24 heavy (non-hydrogen) atoms. The van der Waals surface area contributed by atoms with E-state index >= 15 is 0 Å². The lowest BCUT2D eigenvalue weighted by atomic mass is 9.54. The van der Waals surface area contributed by atoms with Gasteiger partial charge in [0.15, 0.2) is 0 Å². The molecule has 0 unspecified atom stereocenters. The molecule has 0 bridgehead atoms. The van der Waals surface area contributed by atoms with Gasteiger partial charge in [0.1, 0.15) is 0 Å². The molecule has 130 valence electrons. The Morgan fingerprint density at radius 2 is 2.12 bits per heavy atom. The quantitative estimate of drug-likeness (QED) is 0.622. The molecule has 3 heteroatoms. The first kappa shape index (κ1) is 16.1. The number of oxime groups is 1. The number of ether oxygens (including phenoxy) is 1. The number of fused-ring (bicyclic) bond motifs is 5. The zero-order chi connectivity index (χ0) is 16.9. The fraction of sp³-hybridized carbons (Fsp3) is 0.667. The lowest BCUT2D eigenvalue weighted by molar-refractivity contribution is 0.0706. The van der Waals surface area contributed by atoms with E-state index in [-0.39, 0.29) is 5.41 Å². The molecule has 1 N–H and O–H groups in total. The van der Waals surface area contributed by atoms with Crippen LogP contribution in [0.25, 0.3) is 0 Å². The topological polar surface area (TPSA) is 41.8 Å². The van der Waals surface area contributed by atoms with Gasteiger partial charge in [-0.05, 0) is 67.9 Å². The fourth-order valence-electron chi connectivity index (χ4n) is 6.16. The molecule has 2 saturated carbocycles. The maximum Gasteiger partial charge on any atom is 0.0632 e. The zero-order valence-electron chi connectivity index (χ0n) is 15.1. The monoisotopic (exact) mass is 327 g/mol. The van der Waals surface area contributed by atoms with Crippen molar-refractivity contribution in [2.24, 2.45) is 22.4 Å². The predicted octanol–water partition coefficient (Wildman–Crippen LogP) is 4.87. The molecule has 0 spiro atoms. The molecular formula is C21H29NO2. The first-order valence-electron chi connectivity index (χ1n) is 9.39. The minimum Gasteiger partial charge on any atom is -0.411 e. The second-order valence-corrected chi connectivity index (χ2v) is 8.44. The first-order chi connectivity index (χ1) is 11.6. The highest BCUT2D eigenvalue weighted by Gasteiger charge is 2.54. The van der Waals surface area contributed by atoms with Crippen molar-refractivity contribution in [1.29, 1.82) is 0 Å². The maximum absolute atomic E-state index is 9.46. The van der Waals surface area contributed by atoms with Crippen LogP contribution in [0.4, 0.5) is 0 Å². The third-order valence-corrected chi connectivity index (χ3v) is 7.30. The van der Waals surface area contributed by atoms with E-state index in [1.807, 2.05) is 7.11 Å². The van der Waals surface area contributed by atoms with E-state index in [1.165, 1.54) is 30.4 Å². The minimum absolute atomic E-state index is 0.107. The highest BCUT2D eigenvalue weighted by atomic mass is 16.5. The average molecular weight is 327 g/mol. The Morgan fingerprint density at radius 3 is 2.88 bits per heavy atom. The van der Waals surface area contributed by atoms with Gasteiger partial charge in [-0.25, -0.2) is 0 Å². The summed E-state index contributed by atoms with van der Waals surface area (Å²) in [6.07, 6.45) is 5.73. The summed E-state index contributed by atoms with van der Waals surface area (Å²) in [5.74, 6) is 2.52. The van der Waals surface area contributed by atoms with Crippen LogP contribution in [0.15, 0.2) is 23.4 Å². The molecule has 0 heterocycles. The highest BCUT2D eigenvalue weighted by molar-refractivity contribution is 5.92. The number of benzene rings is 1. The van der Waals surface area contributed by atoms with Crippen molar-refractivity contribution in [3.63, 3.8) is 0 Å². The molecule has 1 aromatic rings. The van der Waals surface area contributed by atoms with E-state index in [4.69, 9.17) is 4.74 Å². The number of methoxy groups -OCH3 is 1. The van der Waals surface area contributed by atoms with Crippen LogP contribution in [-0.4, -0.2) is 24.6 Å². The van der Waals surface area contributed by atoms with Crippen molar-refractivity contribution >= 4 is 5.71 Å². The molecule has 0 amide bonds. The number of hydrogen-bond donors (Lipinski definition) is 1. The van der Waals surface area contributed by atoms with Crippen LogP contribution in [0.5, 0.6) is 0 Å². The van der Waals surface area contributed by atoms with E-state index < -0.39 is 0 Å². The van der Waals surface area contributed by atoms with Crippen LogP contribution in [-0.2, 0) is 4.74 Å². The summed E-state index contributed by atoms with van der Waals surface area (Å²) in [7, 11) is 1.82. The lowest BCUT2D eigenvalue weighted by Gasteiger charge is -2.50. The summed E-state index contributed by atoms with van der Waals surface area (Å²) in [6.45, 7) is 5.34. The van der Waals surface area contributed by atoms with E-state index in [2.05, 4.69) is 37.2 Å². The number of hydrogen-bond acceptors (Lipinski definition) is 3. The highest BCUT2D eigenvalue weighted by Crippen LogP contribution is 2.61. The summed E-state index contributed by atoms with van der Waals surface area (Å²) < 4.78 is 5.57. The van der Waals surface area contributed by atoms with Crippen LogP contribution in [0, 0.1) is 24.2 Å². The molecule has 1 aromatic carbocycles. The van der Waals surface area contributed by atoms with E-state index in [0.717, 1.165) is 25.2 Å². The minimum atomic E-state index is 0.107. The van der Waals surface area contributed by atoms with Crippen molar-refractivity contribution in [1.82, 2.24) is 0 Å². The summed E-state index contributed by atoms with van der Waals surface area (Å²) in [5, 5.41) is 13.1. The van der Waals surface area contributed by atoms with E-state index in [1.54, 1.807) is 5.56 Å². The predicted molar refractivity (Wildman–Crippen MR) is 95.9 cm³/mol. The summed E-state index contributed by atoms with van der Waals surface area (Å²) in [5.41, 5.74) is 5.59. The molecular weight excluding hydrogens is 298 g/mol. The van der Waals surface area contributed by atoms with Crippen LogP contribution in [0.2, 0.25) is 0 Å². The third kappa shape index (κ3) is 2.24. The SMILES string of the molecule is COC[C@@H]1C[C@@H]2[C@H](CC[C@]3(C)/C(=N/O)CC[C@@H]23)c2ccc(C)cc21. The molecule has 0 radical (unpaired) electrons. The molecule has 3 nitrogen and oxygen atoms in total. The summed E-state index contributed by atoms with van der Waals surface area (Å²) in [4.78, 5) is 0. The fourth-order valence-corrected chi connectivity index (χ4v) is 6.16. The Balaban J connectivity index is 1.75. The van der Waals surface area contributed by atoms with Gasteiger partial charge in [-0.1, -0.05) is 35.8 Å². The second-order valence-electron chi connectivity index (χ2n) is 8.44. The lowest BCUT2D eigenvalue weighted by Crippen LogP contribution is -2.43. The molecule has 3 aliphatic rings. The van der Waals surface area contributed by atoms with Gasteiger partial charge in [0.05, 0.1) is 12.3 Å². The Morgan fingerprint density at radius 1 is 1.29 bits per heavy atom. The second kappa shape index (κ2) is 5.87. The number of nitrogens with zero attached hydrogens (tertiary/aromatic N) is 1. The van der Waals surface area contributed by atoms with Crippen LogP contribution in [0.1, 0.15) is 67.6 Å². The van der Waals surface area contributed by atoms with Crippen molar-refractivity contribution in [2.45, 2.75) is 57.8 Å². The number of rotatable bonds is 2. The largest absolute Gasteiger partial charge is 0.411 e. The van der Waals surface area contributed by atoms with Gasteiger partial charge in [0, 0.05) is 18.4 Å². The molecule has 0 saturated heterocycles. The van der Waals surface area contributed by atoms with Gasteiger partial charge in [-0.15, -0.1) is 0 Å². The maximum atomic E-state index is 9.46. The van der Waals surface area contributed by atoms with Gasteiger partial charge in [-0.3, -0.25) is 0 Å². The Labute approximate surface area is 145 Å². The Bertz CT molecular complexity index is 668. The normalized spacial score (nSPS) is 39.4. The van der Waals surface area contributed by atoms with E-state index in [0.29, 0.717) is 23.7 Å². The van der Waals surface area contributed by atoms with Gasteiger partial charge in [0.25, 0.3) is 0 Å². The van der Waals surface area contributed by atoms with Crippen molar-refractivity contribution in [3.8, 4) is 0 Å². The summed E-state index contributed by atoms with van der Waals surface area (Å²) >= 11 is 0. The van der Waals surface area contributed by atoms with Crippen LogP contribution >= 0.6 is 0 Å². The Hall–Kier alpha value is -1.35. The standard InChI is InChI=1S/C21H29NO2/c1-13-4-5-15-16-8-9-21(2)19(6-7-20(21)22-23)18(16)11-14(12-24-3)17(15)10-13/h4-5,10,14,16,18-19,23H,6-9,11-12H2,1-3H3/b22-20+/t14-,16+,18+,19-,21-/m0/s1. The molecule has 2 fully saturated rings. The third-order valence-electron chi connectivity index (χ3n) is 7.30. The van der Waals surface area contributed by atoms with Crippen LogP contribution in [0.3, 0.4) is 0 Å². The van der Waals surface area contributed by atoms with Crippen molar-refractivity contribution < 1.29 is 9.94 Å². The first-order valence-corrected chi connectivity index (χ1v) is 9.39. The summed E-state index contributed by atoms with van der Waals surface area (Å²) in [6, 6.07) is 7.04. The molecule has 5 atom stereocenters. The average Bonchev–Trinajstić information content (AvgIpc) is 2.92. The smallest absolute Gasteiger partial charge is 0.0632 e. The van der Waals surface area contributed by atoms with Crippen molar-refractivity contribution in [2.75, 3.05) is 13.7 Å². The van der Waals surface area contributed by atoms with E-state index in [9.17, 15) is 5.21 Å². The van der Waals surface area contributed by atoms with Gasteiger partial charge in [0.2, 0.25) is 0 Å². The molecule has 0 aromatic heterocycles. The van der Waals surface area contributed by atoms with Gasteiger partial charge in [-0.2, -0.15) is 0 Å². The number of aryl methyl sites for hydroxylation is 1. The van der Waals surface area contributed by atoms with Crippen molar-refractivity contribution in [3.05, 3.63) is 34.9 Å². The van der Waals surface area contributed by atoms with Crippen LogP contribution < -0.4 is 0 Å². The zero-order valence-corrected chi connectivity index (χ0v) is 15.1. The molecule has 3 aliphatic carbocycles. The molecule has 0 aliphatic heterocycles. The van der Waals surface area contributed by atoms with Gasteiger partial charge >= 0.3 is 0 Å². The molecule has 4 rings (SSSR count). The Kier molecular flexibility index (Phi) is 3.95. The van der Waals surface area contributed by atoms with Gasteiger partial charge < -0.3 is 9.94 Å².